The van der Waals surface area contributed by atoms with Crippen molar-refractivity contribution in [1.29, 1.82) is 0 Å². The fourth-order valence-electron chi connectivity index (χ4n) is 3.78. The molecule has 2 aromatic rings. The maximum atomic E-state index is 2.63. The van der Waals surface area contributed by atoms with E-state index in [2.05, 4.69) is 34.7 Å². The minimum Gasteiger partial charge on any atom is -0.343 e. The summed E-state index contributed by atoms with van der Waals surface area (Å²) >= 11 is 0. The number of hydrogen-bond donors (Lipinski definition) is 0. The van der Waals surface area contributed by atoms with Crippen molar-refractivity contribution in [3.05, 3.63) is 35.0 Å². The van der Waals surface area contributed by atoms with Crippen LogP contribution in [0.25, 0.3) is 10.9 Å². The first-order chi connectivity index (χ1) is 8.84. The molecule has 0 unspecified atom stereocenters. The number of nitrogens with zero attached hydrogens (tertiary/aromatic N) is 2. The van der Waals surface area contributed by atoms with E-state index < -0.39 is 0 Å². The summed E-state index contributed by atoms with van der Waals surface area (Å²) in [6, 6.07) is 6.90. The average molecular weight is 240 g/mol. The van der Waals surface area contributed by atoms with Crippen LogP contribution in [0, 0.1) is 0 Å². The molecule has 0 saturated heterocycles. The minimum absolute atomic E-state index is 1.10. The number of fused-ring (bicyclic) bond motifs is 3. The number of aromatic nitrogens is 1. The molecule has 18 heavy (non-hydrogen) atoms. The summed E-state index contributed by atoms with van der Waals surface area (Å²) < 4.78 is 2.63. The van der Waals surface area contributed by atoms with E-state index in [1.807, 2.05) is 0 Å². The van der Waals surface area contributed by atoms with E-state index in [0.29, 0.717) is 0 Å². The third kappa shape index (κ3) is 1.39. The van der Waals surface area contributed by atoms with Crippen LogP contribution >= 0.6 is 0 Å². The lowest BCUT2D eigenvalue weighted by Gasteiger charge is -2.17. The minimum atomic E-state index is 1.10. The van der Waals surface area contributed by atoms with Crippen LogP contribution in [0.3, 0.4) is 0 Å². The topological polar surface area (TPSA) is 8.17 Å². The van der Waals surface area contributed by atoms with Gasteiger partial charge in [0.05, 0.1) is 5.52 Å². The van der Waals surface area contributed by atoms with E-state index in [1.54, 1.807) is 11.3 Å². The smallest absolute Gasteiger partial charge is 0.0531 e. The zero-order valence-corrected chi connectivity index (χ0v) is 11.1. The van der Waals surface area contributed by atoms with Crippen LogP contribution in [-0.2, 0) is 25.9 Å². The van der Waals surface area contributed by atoms with Gasteiger partial charge in [0.2, 0.25) is 0 Å². The number of aryl methyl sites for hydroxylation is 1. The Hall–Kier alpha value is -1.28. The molecule has 4 rings (SSSR count). The molecular weight excluding hydrogens is 220 g/mol. The van der Waals surface area contributed by atoms with Crippen molar-refractivity contribution in [1.82, 2.24) is 9.47 Å². The number of para-hydroxylation sites is 1. The van der Waals surface area contributed by atoms with Crippen LogP contribution in [0.15, 0.2) is 18.2 Å². The second-order valence-corrected chi connectivity index (χ2v) is 5.84. The molecule has 2 heterocycles. The maximum Gasteiger partial charge on any atom is 0.0531 e. The number of hydrogen-bond acceptors (Lipinski definition) is 1. The first-order valence-corrected chi connectivity index (χ1v) is 7.15. The predicted octanol–water partition coefficient (Wildman–Crippen LogP) is 2.97. The summed E-state index contributed by atoms with van der Waals surface area (Å²) in [5.41, 5.74) is 6.34. The molecule has 0 N–H and O–H groups in total. The zero-order chi connectivity index (χ0) is 12.1. The summed E-state index contributed by atoms with van der Waals surface area (Å²) in [5, 5.41) is 1.54. The van der Waals surface area contributed by atoms with E-state index in [4.69, 9.17) is 0 Å². The van der Waals surface area contributed by atoms with E-state index >= 15 is 0 Å². The SMILES string of the molecule is CN1CCn2c3c(c4cccc(c42)C1)CCCC3. The van der Waals surface area contributed by atoms with E-state index in [9.17, 15) is 0 Å². The van der Waals surface area contributed by atoms with Crippen LogP contribution in [0.2, 0.25) is 0 Å². The first-order valence-electron chi connectivity index (χ1n) is 7.15. The zero-order valence-electron chi connectivity index (χ0n) is 11.1. The largest absolute Gasteiger partial charge is 0.343 e. The second kappa shape index (κ2) is 3.86. The molecule has 0 spiro atoms. The van der Waals surface area contributed by atoms with Crippen LogP contribution in [0.4, 0.5) is 0 Å². The molecule has 0 amide bonds. The Morgan fingerprint density at radius 3 is 2.89 bits per heavy atom. The lowest BCUT2D eigenvalue weighted by Crippen LogP contribution is -2.20. The molecule has 0 atom stereocenters. The maximum absolute atomic E-state index is 2.63. The van der Waals surface area contributed by atoms with E-state index in [-0.39, 0.29) is 0 Å². The molecule has 0 bridgehead atoms. The van der Waals surface area contributed by atoms with Crippen LogP contribution in [-0.4, -0.2) is 23.1 Å². The van der Waals surface area contributed by atoms with Gasteiger partial charge in [0.1, 0.15) is 0 Å². The monoisotopic (exact) mass is 240 g/mol. The van der Waals surface area contributed by atoms with Gasteiger partial charge in [-0.05, 0) is 43.9 Å². The normalized spacial score (nSPS) is 19.8. The Bertz CT molecular complexity index is 609. The van der Waals surface area contributed by atoms with E-state index in [0.717, 1.165) is 6.54 Å². The summed E-state index contributed by atoms with van der Waals surface area (Å²) in [7, 11) is 2.23. The number of rotatable bonds is 0. The molecule has 0 saturated carbocycles. The first kappa shape index (κ1) is 10.6. The van der Waals surface area contributed by atoms with Crippen molar-refractivity contribution in [2.45, 2.75) is 38.8 Å². The molecular formula is C16H20N2. The summed E-state index contributed by atoms with van der Waals surface area (Å²) in [6.07, 6.45) is 5.32. The summed E-state index contributed by atoms with van der Waals surface area (Å²) in [6.45, 7) is 3.43. The third-order valence-electron chi connectivity index (χ3n) is 4.62. The lowest BCUT2D eigenvalue weighted by molar-refractivity contribution is 0.321. The Labute approximate surface area is 108 Å². The van der Waals surface area contributed by atoms with Crippen LogP contribution in [0.5, 0.6) is 0 Å². The summed E-state index contributed by atoms with van der Waals surface area (Å²) in [5.74, 6) is 0. The van der Waals surface area contributed by atoms with Crippen LogP contribution in [0.1, 0.15) is 29.7 Å². The van der Waals surface area contributed by atoms with Crippen molar-refractivity contribution in [2.75, 3.05) is 13.6 Å². The van der Waals surface area contributed by atoms with Crippen molar-refractivity contribution in [3.63, 3.8) is 0 Å². The fraction of sp³-hybridized carbons (Fsp3) is 0.500. The average Bonchev–Trinajstić information content (AvgIpc) is 2.61. The van der Waals surface area contributed by atoms with Gasteiger partial charge in [-0.1, -0.05) is 18.2 Å². The van der Waals surface area contributed by atoms with Gasteiger partial charge in [-0.15, -0.1) is 0 Å². The molecule has 0 fully saturated rings. The highest BCUT2D eigenvalue weighted by atomic mass is 15.1. The third-order valence-corrected chi connectivity index (χ3v) is 4.62. The van der Waals surface area contributed by atoms with Crippen molar-refractivity contribution < 1.29 is 0 Å². The van der Waals surface area contributed by atoms with Gasteiger partial charge in [0.15, 0.2) is 0 Å². The fourth-order valence-corrected chi connectivity index (χ4v) is 3.78. The van der Waals surface area contributed by atoms with Gasteiger partial charge in [0.25, 0.3) is 0 Å². The molecule has 2 heteroatoms. The molecule has 1 aliphatic carbocycles. The van der Waals surface area contributed by atoms with Crippen molar-refractivity contribution in [3.8, 4) is 0 Å². The highest BCUT2D eigenvalue weighted by Gasteiger charge is 2.23. The van der Waals surface area contributed by atoms with Crippen molar-refractivity contribution >= 4 is 10.9 Å². The molecule has 1 aromatic heterocycles. The molecule has 1 aromatic carbocycles. The van der Waals surface area contributed by atoms with Gasteiger partial charge in [-0.25, -0.2) is 0 Å². The van der Waals surface area contributed by atoms with E-state index in [1.165, 1.54) is 55.2 Å². The standard InChI is InChI=1S/C16H20N2/c1-17-9-10-18-15-8-3-2-6-13(15)14-7-4-5-12(11-17)16(14)18/h4-5,7H,2-3,6,8-11H2,1H3. The molecule has 2 nitrogen and oxygen atoms in total. The number of benzene rings is 1. The molecule has 1 aliphatic heterocycles. The number of likely N-dealkylation sites (N-methyl/N-ethyl adjacent to an activating group) is 1. The Morgan fingerprint density at radius 2 is 1.94 bits per heavy atom. The molecule has 94 valence electrons. The Morgan fingerprint density at radius 1 is 1.06 bits per heavy atom. The Kier molecular flexibility index (Phi) is 2.28. The van der Waals surface area contributed by atoms with Gasteiger partial charge in [0, 0.05) is 30.7 Å². The van der Waals surface area contributed by atoms with Gasteiger partial charge < -0.3 is 9.47 Å². The molecule has 2 aliphatic rings. The predicted molar refractivity (Wildman–Crippen MR) is 74.9 cm³/mol. The van der Waals surface area contributed by atoms with Gasteiger partial charge >= 0.3 is 0 Å². The Balaban J connectivity index is 2.06. The lowest BCUT2D eigenvalue weighted by atomic mass is 9.95. The van der Waals surface area contributed by atoms with Crippen molar-refractivity contribution in [2.24, 2.45) is 0 Å². The highest BCUT2D eigenvalue weighted by Crippen LogP contribution is 2.35. The quantitative estimate of drug-likeness (QED) is 0.687. The van der Waals surface area contributed by atoms with Gasteiger partial charge in [-0.2, -0.15) is 0 Å². The second-order valence-electron chi connectivity index (χ2n) is 5.84. The van der Waals surface area contributed by atoms with Gasteiger partial charge in [-0.3, -0.25) is 0 Å². The summed E-state index contributed by atoms with van der Waals surface area (Å²) in [4.78, 5) is 2.44. The highest BCUT2D eigenvalue weighted by molar-refractivity contribution is 5.88. The molecule has 0 radical (unpaired) electrons. The van der Waals surface area contributed by atoms with Crippen LogP contribution < -0.4 is 0 Å².